The first-order valence-corrected chi connectivity index (χ1v) is 11.5. The van der Waals surface area contributed by atoms with Crippen LogP contribution in [-0.4, -0.2) is 42.0 Å². The van der Waals surface area contributed by atoms with E-state index in [2.05, 4.69) is 40.1 Å². The van der Waals surface area contributed by atoms with E-state index in [1.165, 1.54) is 0 Å². The molecule has 0 spiro atoms. The Morgan fingerprint density at radius 2 is 1.39 bits per heavy atom. The van der Waals surface area contributed by atoms with Crippen molar-refractivity contribution >= 4 is 34.3 Å². The molecule has 0 saturated heterocycles. The summed E-state index contributed by atoms with van der Waals surface area (Å²) in [5, 5.41) is 12.1. The van der Waals surface area contributed by atoms with E-state index in [4.69, 9.17) is 4.42 Å². The summed E-state index contributed by atoms with van der Waals surface area (Å²) in [4.78, 5) is 28.8. The van der Waals surface area contributed by atoms with Crippen LogP contribution in [0.1, 0.15) is 40.5 Å². The van der Waals surface area contributed by atoms with Crippen LogP contribution >= 0.6 is 0 Å². The van der Waals surface area contributed by atoms with E-state index in [9.17, 15) is 9.59 Å². The van der Waals surface area contributed by atoms with Crippen molar-refractivity contribution in [2.45, 2.75) is 52.6 Å². The molecular weight excluding hydrogens is 418 g/mol. The summed E-state index contributed by atoms with van der Waals surface area (Å²) >= 11 is 0. The van der Waals surface area contributed by atoms with Gasteiger partial charge in [0, 0.05) is 29.0 Å². The number of nitrogens with one attached hydrogen (secondary N) is 4. The monoisotopic (exact) mass is 451 g/mol. The van der Waals surface area contributed by atoms with E-state index in [-0.39, 0.29) is 30.9 Å². The lowest BCUT2D eigenvalue weighted by Crippen LogP contribution is -2.33. The number of amides is 2. The number of fused-ring (bicyclic) bond motifs is 1. The van der Waals surface area contributed by atoms with Crippen molar-refractivity contribution in [3.05, 3.63) is 42.5 Å². The number of nitrogens with zero attached hydrogens (tertiary/aromatic N) is 1. The quantitative estimate of drug-likeness (QED) is 0.349. The third-order valence-corrected chi connectivity index (χ3v) is 5.53. The Morgan fingerprint density at radius 3 is 1.97 bits per heavy atom. The largest absolute Gasteiger partial charge is 0.436 e. The second kappa shape index (κ2) is 11.6. The fraction of sp³-hybridized carbons (Fsp3) is 0.400. The number of oxazole rings is 1. The minimum Gasteiger partial charge on any atom is -0.436 e. The second-order valence-electron chi connectivity index (χ2n) is 8.26. The van der Waals surface area contributed by atoms with Crippen molar-refractivity contribution in [3.8, 4) is 11.5 Å². The molecule has 2 amide bonds. The highest BCUT2D eigenvalue weighted by Gasteiger charge is 2.11. The van der Waals surface area contributed by atoms with Gasteiger partial charge in [0.05, 0.1) is 13.1 Å². The van der Waals surface area contributed by atoms with Crippen LogP contribution in [-0.2, 0) is 9.59 Å². The molecule has 8 heteroatoms. The van der Waals surface area contributed by atoms with E-state index < -0.39 is 0 Å². The number of hydrogen-bond acceptors (Lipinski definition) is 6. The maximum atomic E-state index is 12.1. The number of carbonyl (C=O) groups is 2. The van der Waals surface area contributed by atoms with Gasteiger partial charge in [-0.1, -0.05) is 13.8 Å². The third kappa shape index (κ3) is 7.13. The van der Waals surface area contributed by atoms with Crippen LogP contribution < -0.4 is 21.3 Å². The molecule has 0 saturated carbocycles. The summed E-state index contributed by atoms with van der Waals surface area (Å²) in [6.07, 6.45) is 1.93. The standard InChI is InChI=1S/C25H33N5O3/c1-5-16(3)26-14-23(31)28-19-9-7-18(8-10-19)25-30-21-13-20(11-12-22(21)33-25)29-24(32)15-27-17(4)6-2/h7-13,16-17,26-27H,5-6,14-15H2,1-4H3,(H,28,31)(H,29,32)/t16-,17+/m1/s1. The molecule has 1 aromatic heterocycles. The van der Waals surface area contributed by atoms with Gasteiger partial charge in [0.1, 0.15) is 5.52 Å². The zero-order valence-corrected chi connectivity index (χ0v) is 19.7. The van der Waals surface area contributed by atoms with Crippen molar-refractivity contribution in [3.63, 3.8) is 0 Å². The SMILES string of the molecule is CC[C@@H](C)NCC(=O)Nc1ccc(-c2nc3cc(NC(=O)CN[C@@H](C)CC)ccc3o2)cc1. The minimum absolute atomic E-state index is 0.0844. The van der Waals surface area contributed by atoms with Gasteiger partial charge < -0.3 is 25.7 Å². The van der Waals surface area contributed by atoms with Gasteiger partial charge in [-0.05, 0) is 69.2 Å². The van der Waals surface area contributed by atoms with Gasteiger partial charge in [-0.2, -0.15) is 0 Å². The van der Waals surface area contributed by atoms with Crippen LogP contribution in [0.5, 0.6) is 0 Å². The van der Waals surface area contributed by atoms with Crippen LogP contribution in [0.4, 0.5) is 11.4 Å². The fourth-order valence-corrected chi connectivity index (χ4v) is 3.06. The average molecular weight is 452 g/mol. The highest BCUT2D eigenvalue weighted by Crippen LogP contribution is 2.27. The van der Waals surface area contributed by atoms with Gasteiger partial charge in [0.15, 0.2) is 5.58 Å². The van der Waals surface area contributed by atoms with Crippen LogP contribution in [0.15, 0.2) is 46.9 Å². The van der Waals surface area contributed by atoms with Gasteiger partial charge in [0.25, 0.3) is 0 Å². The van der Waals surface area contributed by atoms with Crippen molar-refractivity contribution in [2.24, 2.45) is 0 Å². The van der Waals surface area contributed by atoms with Gasteiger partial charge >= 0.3 is 0 Å². The minimum atomic E-state index is -0.102. The predicted octanol–water partition coefficient (Wildman–Crippen LogP) is 4.15. The summed E-state index contributed by atoms with van der Waals surface area (Å²) in [6.45, 7) is 8.76. The zero-order valence-electron chi connectivity index (χ0n) is 19.7. The van der Waals surface area contributed by atoms with Crippen molar-refractivity contribution in [1.82, 2.24) is 15.6 Å². The van der Waals surface area contributed by atoms with E-state index in [1.54, 1.807) is 18.2 Å². The maximum absolute atomic E-state index is 12.1. The highest BCUT2D eigenvalue weighted by molar-refractivity contribution is 5.94. The lowest BCUT2D eigenvalue weighted by Gasteiger charge is -2.11. The first-order chi connectivity index (χ1) is 15.9. The van der Waals surface area contributed by atoms with E-state index in [1.807, 2.05) is 38.1 Å². The Bertz CT molecular complexity index is 1080. The summed E-state index contributed by atoms with van der Waals surface area (Å²) in [7, 11) is 0. The molecule has 33 heavy (non-hydrogen) atoms. The van der Waals surface area contributed by atoms with E-state index in [0.29, 0.717) is 34.4 Å². The highest BCUT2D eigenvalue weighted by atomic mass is 16.3. The average Bonchev–Trinajstić information content (AvgIpc) is 3.24. The van der Waals surface area contributed by atoms with Crippen LogP contribution in [0.2, 0.25) is 0 Å². The summed E-state index contributed by atoms with van der Waals surface area (Å²) in [5.41, 5.74) is 3.47. The molecule has 0 bridgehead atoms. The van der Waals surface area contributed by atoms with Crippen LogP contribution in [0.3, 0.4) is 0 Å². The number of rotatable bonds is 11. The molecule has 0 aliphatic carbocycles. The smallest absolute Gasteiger partial charge is 0.238 e. The Hall–Kier alpha value is -3.23. The first kappa shape index (κ1) is 24.4. The summed E-state index contributed by atoms with van der Waals surface area (Å²) in [6, 6.07) is 13.3. The number of aromatic nitrogens is 1. The van der Waals surface area contributed by atoms with Gasteiger partial charge in [-0.3, -0.25) is 9.59 Å². The van der Waals surface area contributed by atoms with Crippen molar-refractivity contribution in [2.75, 3.05) is 23.7 Å². The molecular formula is C25H33N5O3. The Kier molecular flexibility index (Phi) is 8.57. The van der Waals surface area contributed by atoms with Crippen LogP contribution in [0.25, 0.3) is 22.6 Å². The van der Waals surface area contributed by atoms with E-state index >= 15 is 0 Å². The summed E-state index contributed by atoms with van der Waals surface area (Å²) in [5.74, 6) is 0.289. The maximum Gasteiger partial charge on any atom is 0.238 e. The predicted molar refractivity (Wildman–Crippen MR) is 132 cm³/mol. The molecule has 0 radical (unpaired) electrons. The van der Waals surface area contributed by atoms with Crippen molar-refractivity contribution < 1.29 is 14.0 Å². The topological polar surface area (TPSA) is 108 Å². The van der Waals surface area contributed by atoms with E-state index in [0.717, 1.165) is 18.4 Å². The molecule has 3 rings (SSSR count). The van der Waals surface area contributed by atoms with Gasteiger partial charge in [-0.15, -0.1) is 0 Å². The number of carbonyl (C=O) groups excluding carboxylic acids is 2. The van der Waals surface area contributed by atoms with Crippen LogP contribution in [0, 0.1) is 0 Å². The molecule has 0 fully saturated rings. The number of hydrogen-bond donors (Lipinski definition) is 4. The molecule has 8 nitrogen and oxygen atoms in total. The number of benzene rings is 2. The second-order valence-corrected chi connectivity index (χ2v) is 8.26. The molecule has 3 aromatic rings. The molecule has 0 aliphatic rings. The Morgan fingerprint density at radius 1 is 0.848 bits per heavy atom. The Labute approximate surface area is 194 Å². The molecule has 1 heterocycles. The first-order valence-electron chi connectivity index (χ1n) is 11.5. The van der Waals surface area contributed by atoms with Gasteiger partial charge in [-0.25, -0.2) is 4.98 Å². The molecule has 2 atom stereocenters. The molecule has 2 aromatic carbocycles. The normalized spacial score (nSPS) is 13.0. The molecule has 176 valence electrons. The van der Waals surface area contributed by atoms with Crippen molar-refractivity contribution in [1.29, 1.82) is 0 Å². The lowest BCUT2D eigenvalue weighted by molar-refractivity contribution is -0.116. The Balaban J connectivity index is 1.62. The molecule has 0 unspecified atom stereocenters. The summed E-state index contributed by atoms with van der Waals surface area (Å²) < 4.78 is 5.87. The molecule has 4 N–H and O–H groups in total. The zero-order chi connectivity index (χ0) is 23.8. The van der Waals surface area contributed by atoms with Gasteiger partial charge in [0.2, 0.25) is 17.7 Å². The number of anilines is 2. The lowest BCUT2D eigenvalue weighted by atomic mass is 10.2. The third-order valence-electron chi connectivity index (χ3n) is 5.53. The molecule has 0 aliphatic heterocycles. The fourth-order valence-electron chi connectivity index (χ4n) is 3.06.